The molecule has 0 saturated heterocycles. The van der Waals surface area contributed by atoms with Crippen molar-refractivity contribution in [1.29, 1.82) is 0 Å². The molecule has 0 unspecified atom stereocenters. The normalized spacial score (nSPS) is 11.5. The number of alkyl halides is 3. The van der Waals surface area contributed by atoms with E-state index in [1.54, 1.807) is 30.6 Å². The predicted octanol–water partition coefficient (Wildman–Crippen LogP) is 5.30. The average molecular weight is 381 g/mol. The number of rotatable bonds is 4. The molecule has 0 bridgehead atoms. The Hall–Kier alpha value is -3.48. The van der Waals surface area contributed by atoms with Gasteiger partial charge in [0, 0.05) is 28.9 Å². The highest BCUT2D eigenvalue weighted by molar-refractivity contribution is 5.88. The molecule has 0 radical (unpaired) electrons. The number of halogens is 3. The molecule has 0 saturated carbocycles. The van der Waals surface area contributed by atoms with Crippen LogP contribution in [0.1, 0.15) is 0 Å². The molecule has 0 amide bonds. The Morgan fingerprint density at radius 2 is 1.79 bits per heavy atom. The molecule has 0 spiro atoms. The van der Waals surface area contributed by atoms with Crippen LogP contribution in [0.25, 0.3) is 33.3 Å². The molecule has 0 fully saturated rings. The fourth-order valence-electron chi connectivity index (χ4n) is 2.92. The van der Waals surface area contributed by atoms with Gasteiger partial charge < -0.3 is 4.74 Å². The number of benzene rings is 2. The van der Waals surface area contributed by atoms with Gasteiger partial charge in [-0.1, -0.05) is 24.3 Å². The van der Waals surface area contributed by atoms with E-state index in [0.717, 1.165) is 22.0 Å². The first kappa shape index (κ1) is 17.9. The molecule has 140 valence electrons. The average Bonchev–Trinajstić information content (AvgIpc) is 2.72. The van der Waals surface area contributed by atoms with E-state index in [1.807, 2.05) is 30.3 Å². The molecular weight excluding hydrogens is 367 g/mol. The monoisotopic (exact) mass is 381 g/mol. The summed E-state index contributed by atoms with van der Waals surface area (Å²) < 4.78 is 42.2. The number of aromatic nitrogens is 3. The van der Waals surface area contributed by atoms with Gasteiger partial charge in [0.2, 0.25) is 0 Å². The first-order chi connectivity index (χ1) is 13.5. The number of hydrogen-bond acceptors (Lipinski definition) is 4. The van der Waals surface area contributed by atoms with Crippen LogP contribution < -0.4 is 4.74 Å². The molecule has 4 nitrogen and oxygen atoms in total. The molecule has 0 atom stereocenters. The van der Waals surface area contributed by atoms with E-state index in [9.17, 15) is 13.2 Å². The molecule has 4 rings (SSSR count). The molecule has 2 aromatic carbocycles. The molecule has 2 heterocycles. The minimum atomic E-state index is -4.39. The van der Waals surface area contributed by atoms with Crippen molar-refractivity contribution in [3.8, 4) is 28.1 Å². The fourth-order valence-corrected chi connectivity index (χ4v) is 2.92. The first-order valence-electron chi connectivity index (χ1n) is 8.45. The zero-order valence-electron chi connectivity index (χ0n) is 14.5. The number of fused-ring (bicyclic) bond motifs is 1. The summed E-state index contributed by atoms with van der Waals surface area (Å²) in [6.45, 7) is -1.34. The van der Waals surface area contributed by atoms with Crippen molar-refractivity contribution in [2.45, 2.75) is 6.18 Å². The van der Waals surface area contributed by atoms with Crippen molar-refractivity contribution in [1.82, 2.24) is 15.0 Å². The van der Waals surface area contributed by atoms with Crippen LogP contribution in [-0.2, 0) is 0 Å². The number of nitrogens with zero attached hydrogens (tertiary/aromatic N) is 3. The molecular formula is C21H14F3N3O. The van der Waals surface area contributed by atoms with E-state index in [0.29, 0.717) is 11.3 Å². The van der Waals surface area contributed by atoms with Crippen LogP contribution >= 0.6 is 0 Å². The van der Waals surface area contributed by atoms with E-state index < -0.39 is 12.8 Å². The van der Waals surface area contributed by atoms with Crippen molar-refractivity contribution in [2.75, 3.05) is 6.61 Å². The van der Waals surface area contributed by atoms with Crippen molar-refractivity contribution < 1.29 is 17.9 Å². The summed E-state index contributed by atoms with van der Waals surface area (Å²) in [5.74, 6) is 0.137. The Bertz CT molecular complexity index is 1130. The largest absolute Gasteiger partial charge is 0.484 e. The summed E-state index contributed by atoms with van der Waals surface area (Å²) in [5.41, 5.74) is 3.90. The summed E-state index contributed by atoms with van der Waals surface area (Å²) in [6.07, 6.45) is 0.475. The third-order valence-corrected chi connectivity index (χ3v) is 4.13. The van der Waals surface area contributed by atoms with Crippen LogP contribution in [0.15, 0.2) is 73.3 Å². The van der Waals surface area contributed by atoms with Crippen LogP contribution in [0.3, 0.4) is 0 Å². The summed E-state index contributed by atoms with van der Waals surface area (Å²) in [4.78, 5) is 12.7. The lowest BCUT2D eigenvalue weighted by atomic mass is 9.98. The van der Waals surface area contributed by atoms with Gasteiger partial charge in [-0.3, -0.25) is 4.98 Å². The van der Waals surface area contributed by atoms with Crippen molar-refractivity contribution in [3.63, 3.8) is 0 Å². The Morgan fingerprint density at radius 3 is 2.64 bits per heavy atom. The summed E-state index contributed by atoms with van der Waals surface area (Å²) in [6, 6.07) is 16.0. The maximum atomic E-state index is 12.4. The highest BCUT2D eigenvalue weighted by Gasteiger charge is 2.28. The molecule has 0 aliphatic carbocycles. The molecule has 7 heteroatoms. The van der Waals surface area contributed by atoms with Gasteiger partial charge in [0.1, 0.15) is 12.1 Å². The Kier molecular flexibility index (Phi) is 4.65. The third kappa shape index (κ3) is 3.93. The zero-order chi connectivity index (χ0) is 19.6. The second-order valence-electron chi connectivity index (χ2n) is 6.13. The second kappa shape index (κ2) is 7.26. The Morgan fingerprint density at radius 1 is 0.893 bits per heavy atom. The molecule has 0 aliphatic rings. The van der Waals surface area contributed by atoms with Crippen molar-refractivity contribution in [2.24, 2.45) is 0 Å². The highest BCUT2D eigenvalue weighted by Crippen LogP contribution is 2.33. The van der Waals surface area contributed by atoms with E-state index in [1.165, 1.54) is 12.4 Å². The molecule has 28 heavy (non-hydrogen) atoms. The van der Waals surface area contributed by atoms with Crippen LogP contribution in [0.4, 0.5) is 13.2 Å². The van der Waals surface area contributed by atoms with Gasteiger partial charge in [-0.2, -0.15) is 13.2 Å². The third-order valence-electron chi connectivity index (χ3n) is 4.13. The molecule has 2 aromatic heterocycles. The summed E-state index contributed by atoms with van der Waals surface area (Å²) >= 11 is 0. The maximum Gasteiger partial charge on any atom is 0.422 e. The van der Waals surface area contributed by atoms with Gasteiger partial charge in [0.25, 0.3) is 0 Å². The maximum absolute atomic E-state index is 12.4. The zero-order valence-corrected chi connectivity index (χ0v) is 14.5. The molecule has 0 N–H and O–H groups in total. The number of hydrogen-bond donors (Lipinski definition) is 0. The number of ether oxygens (including phenoxy) is 1. The van der Waals surface area contributed by atoms with Gasteiger partial charge in [0.05, 0.1) is 11.2 Å². The van der Waals surface area contributed by atoms with Gasteiger partial charge in [-0.25, -0.2) is 9.97 Å². The van der Waals surface area contributed by atoms with Gasteiger partial charge in [0.15, 0.2) is 6.61 Å². The number of pyridine rings is 1. The predicted molar refractivity (Wildman–Crippen MR) is 99.8 cm³/mol. The van der Waals surface area contributed by atoms with Crippen molar-refractivity contribution in [3.05, 3.63) is 73.3 Å². The lowest BCUT2D eigenvalue weighted by molar-refractivity contribution is -0.153. The summed E-state index contributed by atoms with van der Waals surface area (Å²) in [7, 11) is 0. The van der Waals surface area contributed by atoms with Crippen LogP contribution in [0.2, 0.25) is 0 Å². The Balaban J connectivity index is 1.73. The summed E-state index contributed by atoms with van der Waals surface area (Å²) in [5, 5.41) is 0.886. The van der Waals surface area contributed by atoms with Crippen LogP contribution in [0.5, 0.6) is 5.75 Å². The van der Waals surface area contributed by atoms with E-state index >= 15 is 0 Å². The minimum absolute atomic E-state index is 0.137. The lowest BCUT2D eigenvalue weighted by Crippen LogP contribution is -2.19. The lowest BCUT2D eigenvalue weighted by Gasteiger charge is -2.12. The fraction of sp³-hybridized carbons (Fsp3) is 0.0952. The Labute approximate surface area is 158 Å². The quantitative estimate of drug-likeness (QED) is 0.481. The second-order valence-corrected chi connectivity index (χ2v) is 6.13. The van der Waals surface area contributed by atoms with E-state index in [4.69, 9.17) is 4.74 Å². The van der Waals surface area contributed by atoms with Crippen molar-refractivity contribution >= 4 is 10.9 Å². The van der Waals surface area contributed by atoms with E-state index in [-0.39, 0.29) is 5.75 Å². The van der Waals surface area contributed by atoms with Crippen LogP contribution in [0, 0.1) is 0 Å². The standard InChI is InChI=1S/C21H14F3N3O/c22-21(23,24)12-28-17-4-1-3-15(10-17)20-18(5-2-8-26-20)14-6-7-19-16(9-14)11-25-13-27-19/h1-11,13H,12H2. The molecule has 4 aromatic rings. The highest BCUT2D eigenvalue weighted by atomic mass is 19.4. The topological polar surface area (TPSA) is 47.9 Å². The van der Waals surface area contributed by atoms with Crippen LogP contribution in [-0.4, -0.2) is 27.7 Å². The molecule has 0 aliphatic heterocycles. The van der Waals surface area contributed by atoms with Gasteiger partial charge in [-0.15, -0.1) is 0 Å². The van der Waals surface area contributed by atoms with E-state index in [2.05, 4.69) is 15.0 Å². The smallest absolute Gasteiger partial charge is 0.422 e. The minimum Gasteiger partial charge on any atom is -0.484 e. The van der Waals surface area contributed by atoms with Gasteiger partial charge >= 0.3 is 6.18 Å². The first-order valence-corrected chi connectivity index (χ1v) is 8.45. The van der Waals surface area contributed by atoms with Gasteiger partial charge in [-0.05, 0) is 35.9 Å². The SMILES string of the molecule is FC(F)(F)COc1cccc(-c2ncccc2-c2ccc3ncncc3c2)c1.